The van der Waals surface area contributed by atoms with Gasteiger partial charge >= 0.3 is 0 Å². The van der Waals surface area contributed by atoms with E-state index in [1.807, 2.05) is 17.0 Å². The summed E-state index contributed by atoms with van der Waals surface area (Å²) in [5, 5.41) is 11.6. The number of amides is 2. The van der Waals surface area contributed by atoms with Crippen LogP contribution in [-0.4, -0.2) is 42.1 Å². The summed E-state index contributed by atoms with van der Waals surface area (Å²) in [6.07, 6.45) is 4.23. The van der Waals surface area contributed by atoms with Gasteiger partial charge in [0, 0.05) is 43.1 Å². The summed E-state index contributed by atoms with van der Waals surface area (Å²) < 4.78 is 0. The Morgan fingerprint density at radius 3 is 2.79 bits per heavy atom. The first-order chi connectivity index (χ1) is 11.7. The quantitative estimate of drug-likeness (QED) is 0.771. The van der Waals surface area contributed by atoms with E-state index in [0.29, 0.717) is 37.2 Å². The van der Waals surface area contributed by atoms with Gasteiger partial charge in [-0.25, -0.2) is 0 Å². The molecular formula is C18H23N3O2S. The van der Waals surface area contributed by atoms with Crippen molar-refractivity contribution in [1.82, 2.24) is 10.2 Å². The lowest BCUT2D eigenvalue weighted by Crippen LogP contribution is -2.38. The van der Waals surface area contributed by atoms with Gasteiger partial charge in [-0.2, -0.15) is 5.26 Å². The van der Waals surface area contributed by atoms with E-state index in [0.717, 1.165) is 30.7 Å². The molecule has 1 fully saturated rings. The van der Waals surface area contributed by atoms with Gasteiger partial charge in [0.05, 0.1) is 11.6 Å². The molecule has 1 heterocycles. The molecule has 1 aliphatic rings. The molecule has 0 unspecified atom stereocenters. The average Bonchev–Trinajstić information content (AvgIpc) is 2.80. The highest BCUT2D eigenvalue weighted by Crippen LogP contribution is 2.19. The maximum atomic E-state index is 11.9. The number of thioether (sulfide) groups is 1. The van der Waals surface area contributed by atoms with Gasteiger partial charge in [0.25, 0.3) is 0 Å². The number of nitrogens with zero attached hydrogens (tertiary/aromatic N) is 2. The molecule has 0 radical (unpaired) electrons. The maximum Gasteiger partial charge on any atom is 0.222 e. The van der Waals surface area contributed by atoms with E-state index in [2.05, 4.69) is 11.4 Å². The van der Waals surface area contributed by atoms with E-state index in [1.54, 1.807) is 23.9 Å². The van der Waals surface area contributed by atoms with Crippen LogP contribution in [0.2, 0.25) is 0 Å². The van der Waals surface area contributed by atoms with E-state index >= 15 is 0 Å². The van der Waals surface area contributed by atoms with Gasteiger partial charge in [-0.15, -0.1) is 11.8 Å². The monoisotopic (exact) mass is 345 g/mol. The number of benzene rings is 1. The largest absolute Gasteiger partial charge is 0.354 e. The summed E-state index contributed by atoms with van der Waals surface area (Å²) in [5.74, 6) is 0.914. The smallest absolute Gasteiger partial charge is 0.222 e. The Kier molecular flexibility index (Phi) is 7.63. The van der Waals surface area contributed by atoms with Crippen LogP contribution in [0, 0.1) is 11.3 Å². The number of hydrogen-bond donors (Lipinski definition) is 1. The molecule has 0 bridgehead atoms. The Bertz CT molecular complexity index is 595. The molecular weight excluding hydrogens is 322 g/mol. The van der Waals surface area contributed by atoms with Gasteiger partial charge in [-0.1, -0.05) is 6.42 Å². The Balaban J connectivity index is 1.60. The average molecular weight is 345 g/mol. The molecule has 6 heteroatoms. The third-order valence-corrected chi connectivity index (χ3v) is 4.97. The first kappa shape index (κ1) is 18.3. The molecule has 1 saturated heterocycles. The zero-order valence-electron chi connectivity index (χ0n) is 13.8. The Hall–Kier alpha value is -2.00. The van der Waals surface area contributed by atoms with Gasteiger partial charge in [-0.05, 0) is 37.1 Å². The van der Waals surface area contributed by atoms with Crippen molar-refractivity contribution in [2.24, 2.45) is 0 Å². The first-order valence-corrected chi connectivity index (χ1v) is 9.35. The summed E-state index contributed by atoms with van der Waals surface area (Å²) in [6, 6.07) is 9.43. The Morgan fingerprint density at radius 2 is 2.04 bits per heavy atom. The van der Waals surface area contributed by atoms with Crippen molar-refractivity contribution in [3.63, 3.8) is 0 Å². The molecule has 0 aromatic heterocycles. The Morgan fingerprint density at radius 1 is 1.25 bits per heavy atom. The van der Waals surface area contributed by atoms with Crippen LogP contribution in [0.25, 0.3) is 0 Å². The van der Waals surface area contributed by atoms with E-state index in [1.165, 1.54) is 0 Å². The van der Waals surface area contributed by atoms with Crippen molar-refractivity contribution < 1.29 is 9.59 Å². The molecule has 0 spiro atoms. The minimum atomic E-state index is 0.0124. The summed E-state index contributed by atoms with van der Waals surface area (Å²) in [7, 11) is 0. The standard InChI is InChI=1S/C18H23N3O2S/c19-14-15-5-7-16(8-6-15)24-13-9-17(22)20-10-12-21-11-3-1-2-4-18(21)23/h5-8H,1-4,9-13H2,(H,20,22). The highest BCUT2D eigenvalue weighted by atomic mass is 32.2. The molecule has 1 aromatic carbocycles. The third kappa shape index (κ3) is 6.25. The number of carbonyl (C=O) groups is 2. The summed E-state index contributed by atoms with van der Waals surface area (Å²) in [6.45, 7) is 1.93. The molecule has 24 heavy (non-hydrogen) atoms. The topological polar surface area (TPSA) is 73.2 Å². The van der Waals surface area contributed by atoms with Crippen molar-refractivity contribution >= 4 is 23.6 Å². The normalized spacial score (nSPS) is 14.8. The van der Waals surface area contributed by atoms with Crippen LogP contribution < -0.4 is 5.32 Å². The summed E-state index contributed by atoms with van der Waals surface area (Å²) in [5.41, 5.74) is 0.639. The van der Waals surface area contributed by atoms with Crippen LogP contribution in [0.4, 0.5) is 0 Å². The van der Waals surface area contributed by atoms with Crippen LogP contribution in [0.5, 0.6) is 0 Å². The lowest BCUT2D eigenvalue weighted by atomic mass is 10.2. The molecule has 0 aliphatic carbocycles. The second-order valence-electron chi connectivity index (χ2n) is 5.78. The fraction of sp³-hybridized carbons (Fsp3) is 0.500. The van der Waals surface area contributed by atoms with E-state index < -0.39 is 0 Å². The highest BCUT2D eigenvalue weighted by molar-refractivity contribution is 7.99. The molecule has 128 valence electrons. The van der Waals surface area contributed by atoms with Crippen LogP contribution >= 0.6 is 11.8 Å². The van der Waals surface area contributed by atoms with E-state index in [-0.39, 0.29) is 11.8 Å². The summed E-state index contributed by atoms with van der Waals surface area (Å²) >= 11 is 1.60. The highest BCUT2D eigenvalue weighted by Gasteiger charge is 2.15. The van der Waals surface area contributed by atoms with Crippen LogP contribution in [0.15, 0.2) is 29.2 Å². The predicted molar refractivity (Wildman–Crippen MR) is 94.6 cm³/mol. The number of nitriles is 1. The van der Waals surface area contributed by atoms with Crippen LogP contribution in [0.3, 0.4) is 0 Å². The van der Waals surface area contributed by atoms with Crippen molar-refractivity contribution in [3.8, 4) is 6.07 Å². The molecule has 1 aromatic rings. The minimum Gasteiger partial charge on any atom is -0.354 e. The fourth-order valence-electron chi connectivity index (χ4n) is 2.58. The van der Waals surface area contributed by atoms with Gasteiger partial charge in [-0.3, -0.25) is 9.59 Å². The zero-order chi connectivity index (χ0) is 17.2. The predicted octanol–water partition coefficient (Wildman–Crippen LogP) is 2.56. The number of hydrogen-bond acceptors (Lipinski definition) is 4. The van der Waals surface area contributed by atoms with Gasteiger partial charge < -0.3 is 10.2 Å². The molecule has 1 aliphatic heterocycles. The van der Waals surface area contributed by atoms with E-state index in [4.69, 9.17) is 5.26 Å². The third-order valence-electron chi connectivity index (χ3n) is 3.96. The van der Waals surface area contributed by atoms with Gasteiger partial charge in [0.1, 0.15) is 0 Å². The van der Waals surface area contributed by atoms with Crippen molar-refractivity contribution in [2.45, 2.75) is 37.0 Å². The SMILES string of the molecule is N#Cc1ccc(SCCC(=O)NCCN2CCCCCC2=O)cc1. The van der Waals surface area contributed by atoms with Crippen LogP contribution in [0.1, 0.15) is 37.7 Å². The molecule has 1 N–H and O–H groups in total. The zero-order valence-corrected chi connectivity index (χ0v) is 14.6. The molecule has 5 nitrogen and oxygen atoms in total. The maximum absolute atomic E-state index is 11.9. The van der Waals surface area contributed by atoms with E-state index in [9.17, 15) is 9.59 Å². The molecule has 2 amide bonds. The molecule has 2 rings (SSSR count). The molecule has 0 saturated carbocycles. The van der Waals surface area contributed by atoms with Gasteiger partial charge in [0.2, 0.25) is 11.8 Å². The van der Waals surface area contributed by atoms with Crippen molar-refractivity contribution in [1.29, 1.82) is 5.26 Å². The number of nitrogens with one attached hydrogen (secondary N) is 1. The Labute approximate surface area is 147 Å². The number of rotatable bonds is 7. The number of likely N-dealkylation sites (tertiary alicyclic amines) is 1. The van der Waals surface area contributed by atoms with Crippen LogP contribution in [-0.2, 0) is 9.59 Å². The minimum absolute atomic E-state index is 0.0124. The second kappa shape index (κ2) is 9.99. The lowest BCUT2D eigenvalue weighted by molar-refractivity contribution is -0.131. The van der Waals surface area contributed by atoms with Crippen molar-refractivity contribution in [3.05, 3.63) is 29.8 Å². The fourth-order valence-corrected chi connectivity index (χ4v) is 3.43. The molecule has 0 atom stereocenters. The first-order valence-electron chi connectivity index (χ1n) is 8.36. The van der Waals surface area contributed by atoms with Crippen molar-refractivity contribution in [2.75, 3.05) is 25.4 Å². The number of carbonyl (C=O) groups excluding carboxylic acids is 2. The van der Waals surface area contributed by atoms with Gasteiger partial charge in [0.15, 0.2) is 0 Å². The summed E-state index contributed by atoms with van der Waals surface area (Å²) in [4.78, 5) is 26.6. The lowest BCUT2D eigenvalue weighted by Gasteiger charge is -2.20. The second-order valence-corrected chi connectivity index (χ2v) is 6.94.